The van der Waals surface area contributed by atoms with Crippen molar-refractivity contribution in [1.29, 1.82) is 0 Å². The molecule has 0 fully saturated rings. The highest BCUT2D eigenvalue weighted by molar-refractivity contribution is 6.29. The summed E-state index contributed by atoms with van der Waals surface area (Å²) < 4.78 is 1.51. The summed E-state index contributed by atoms with van der Waals surface area (Å²) in [6, 6.07) is 10.8. The van der Waals surface area contributed by atoms with Gasteiger partial charge in [0.2, 0.25) is 0 Å². The number of fused-ring (bicyclic) bond motifs is 1. The Morgan fingerprint density at radius 3 is 2.84 bits per heavy atom. The summed E-state index contributed by atoms with van der Waals surface area (Å²) in [5.41, 5.74) is 1.80. The molecule has 2 heterocycles. The maximum atomic E-state index is 12.2. The Kier molecular flexibility index (Phi) is 2.89. The molecule has 0 unspecified atom stereocenters. The highest BCUT2D eigenvalue weighted by Crippen LogP contribution is 2.15. The van der Waals surface area contributed by atoms with Gasteiger partial charge in [0.25, 0.3) is 5.91 Å². The molecule has 0 saturated carbocycles. The van der Waals surface area contributed by atoms with Crippen LogP contribution in [0.3, 0.4) is 0 Å². The topological polar surface area (TPSA) is 59.3 Å². The number of halogens is 1. The quantitative estimate of drug-likeness (QED) is 0.730. The second-order valence-corrected chi connectivity index (χ2v) is 4.31. The molecular formula is C13H9ClN4O. The van der Waals surface area contributed by atoms with Crippen LogP contribution in [-0.4, -0.2) is 20.5 Å². The fraction of sp³-hybridized carbons (Fsp3) is 0. The largest absolute Gasteiger partial charge is 0.322 e. The molecule has 1 amide bonds. The summed E-state index contributed by atoms with van der Waals surface area (Å²) in [6.07, 6.45) is 2.96. The van der Waals surface area contributed by atoms with Gasteiger partial charge in [0.15, 0.2) is 0 Å². The van der Waals surface area contributed by atoms with Crippen molar-refractivity contribution in [2.75, 3.05) is 5.32 Å². The number of amides is 1. The van der Waals surface area contributed by atoms with Crippen LogP contribution in [0.1, 0.15) is 10.4 Å². The fourth-order valence-corrected chi connectivity index (χ4v) is 1.91. The van der Waals surface area contributed by atoms with Gasteiger partial charge >= 0.3 is 0 Å². The minimum atomic E-state index is -0.233. The van der Waals surface area contributed by atoms with Crippen molar-refractivity contribution in [3.63, 3.8) is 0 Å². The molecule has 3 aromatic rings. The van der Waals surface area contributed by atoms with Crippen LogP contribution < -0.4 is 5.32 Å². The molecule has 1 N–H and O–H groups in total. The molecule has 19 heavy (non-hydrogen) atoms. The Labute approximate surface area is 113 Å². The molecule has 1 aromatic carbocycles. The van der Waals surface area contributed by atoms with Gasteiger partial charge in [-0.3, -0.25) is 4.79 Å². The second kappa shape index (κ2) is 4.70. The lowest BCUT2D eigenvalue weighted by molar-refractivity contribution is 0.102. The normalized spacial score (nSPS) is 10.6. The van der Waals surface area contributed by atoms with E-state index < -0.39 is 0 Å². The van der Waals surface area contributed by atoms with E-state index in [0.717, 1.165) is 5.69 Å². The standard InChI is InChI=1S/C13H9ClN4O/c14-12-6-11-10(7-16-18(11)8-15-12)13(19)17-9-4-2-1-3-5-9/h1-8H,(H,17,19). The lowest BCUT2D eigenvalue weighted by Gasteiger charge is -2.03. The summed E-state index contributed by atoms with van der Waals surface area (Å²) in [7, 11) is 0. The summed E-state index contributed by atoms with van der Waals surface area (Å²) in [6.45, 7) is 0. The van der Waals surface area contributed by atoms with Crippen molar-refractivity contribution >= 4 is 28.7 Å². The molecule has 0 bridgehead atoms. The van der Waals surface area contributed by atoms with Gasteiger partial charge in [-0.2, -0.15) is 5.10 Å². The van der Waals surface area contributed by atoms with E-state index in [9.17, 15) is 4.79 Å². The lowest BCUT2D eigenvalue weighted by atomic mass is 10.2. The van der Waals surface area contributed by atoms with Crippen LogP contribution in [0.15, 0.2) is 48.9 Å². The van der Waals surface area contributed by atoms with E-state index in [4.69, 9.17) is 11.6 Å². The van der Waals surface area contributed by atoms with Gasteiger partial charge in [0, 0.05) is 11.8 Å². The zero-order valence-electron chi connectivity index (χ0n) is 9.75. The van der Waals surface area contributed by atoms with Crippen LogP contribution in [0.2, 0.25) is 5.15 Å². The van der Waals surface area contributed by atoms with Crippen LogP contribution in [-0.2, 0) is 0 Å². The molecule has 0 aliphatic heterocycles. The van der Waals surface area contributed by atoms with Crippen molar-refractivity contribution in [2.24, 2.45) is 0 Å². The molecule has 94 valence electrons. The third-order valence-electron chi connectivity index (χ3n) is 2.66. The highest BCUT2D eigenvalue weighted by Gasteiger charge is 2.13. The van der Waals surface area contributed by atoms with Crippen LogP contribution >= 0.6 is 11.6 Å². The van der Waals surface area contributed by atoms with Crippen LogP contribution in [0.4, 0.5) is 5.69 Å². The summed E-state index contributed by atoms with van der Waals surface area (Å²) in [5.74, 6) is -0.233. The van der Waals surface area contributed by atoms with Crippen LogP contribution in [0.25, 0.3) is 5.52 Å². The smallest absolute Gasteiger partial charge is 0.259 e. The molecule has 2 aromatic heterocycles. The van der Waals surface area contributed by atoms with E-state index in [0.29, 0.717) is 16.2 Å². The predicted molar refractivity (Wildman–Crippen MR) is 72.4 cm³/mol. The van der Waals surface area contributed by atoms with Crippen molar-refractivity contribution < 1.29 is 4.79 Å². The number of anilines is 1. The molecule has 3 rings (SSSR count). The van der Waals surface area contributed by atoms with Gasteiger partial charge < -0.3 is 5.32 Å². The van der Waals surface area contributed by atoms with E-state index in [1.165, 1.54) is 17.0 Å². The molecule has 0 atom stereocenters. The number of hydrogen-bond acceptors (Lipinski definition) is 3. The van der Waals surface area contributed by atoms with Gasteiger partial charge in [-0.15, -0.1) is 0 Å². The van der Waals surface area contributed by atoms with E-state index in [1.54, 1.807) is 6.07 Å². The van der Waals surface area contributed by atoms with Crippen molar-refractivity contribution in [3.8, 4) is 0 Å². The zero-order valence-corrected chi connectivity index (χ0v) is 10.5. The van der Waals surface area contributed by atoms with Crippen molar-refractivity contribution in [3.05, 3.63) is 59.6 Å². The number of para-hydroxylation sites is 1. The molecule has 0 aliphatic rings. The van der Waals surface area contributed by atoms with Crippen LogP contribution in [0, 0.1) is 0 Å². The average Bonchev–Trinajstić information content (AvgIpc) is 2.82. The molecular weight excluding hydrogens is 264 g/mol. The SMILES string of the molecule is O=C(Nc1ccccc1)c1cnn2cnc(Cl)cc12. The first-order valence-corrected chi connectivity index (χ1v) is 5.97. The first kappa shape index (κ1) is 11.7. The van der Waals surface area contributed by atoms with Gasteiger partial charge in [-0.05, 0) is 12.1 Å². The number of carbonyl (C=O) groups excluding carboxylic acids is 1. The lowest BCUT2D eigenvalue weighted by Crippen LogP contribution is -2.11. The van der Waals surface area contributed by atoms with E-state index in [-0.39, 0.29) is 5.91 Å². The molecule has 0 aliphatic carbocycles. The summed E-state index contributed by atoms with van der Waals surface area (Å²) in [4.78, 5) is 16.1. The van der Waals surface area contributed by atoms with Crippen LogP contribution in [0.5, 0.6) is 0 Å². The average molecular weight is 273 g/mol. The Morgan fingerprint density at radius 2 is 2.05 bits per heavy atom. The molecule has 0 spiro atoms. The Balaban J connectivity index is 1.96. The molecule has 0 saturated heterocycles. The molecule has 5 nitrogen and oxygen atoms in total. The first-order chi connectivity index (χ1) is 9.24. The van der Waals surface area contributed by atoms with Crippen molar-refractivity contribution in [2.45, 2.75) is 0 Å². The van der Waals surface area contributed by atoms with Gasteiger partial charge in [0.1, 0.15) is 11.5 Å². The number of rotatable bonds is 2. The van der Waals surface area contributed by atoms with Gasteiger partial charge in [0.05, 0.1) is 17.3 Å². The van der Waals surface area contributed by atoms with E-state index >= 15 is 0 Å². The minimum Gasteiger partial charge on any atom is -0.322 e. The number of aromatic nitrogens is 3. The molecule has 0 radical (unpaired) electrons. The van der Waals surface area contributed by atoms with E-state index in [1.807, 2.05) is 30.3 Å². The predicted octanol–water partition coefficient (Wildman–Crippen LogP) is 2.64. The van der Waals surface area contributed by atoms with E-state index in [2.05, 4.69) is 15.4 Å². The minimum absolute atomic E-state index is 0.233. The Hall–Kier alpha value is -2.40. The van der Waals surface area contributed by atoms with Gasteiger partial charge in [-0.25, -0.2) is 9.50 Å². The Morgan fingerprint density at radius 1 is 1.26 bits per heavy atom. The second-order valence-electron chi connectivity index (χ2n) is 3.92. The zero-order chi connectivity index (χ0) is 13.2. The highest BCUT2D eigenvalue weighted by atomic mass is 35.5. The number of carbonyl (C=O) groups is 1. The van der Waals surface area contributed by atoms with Gasteiger partial charge in [-0.1, -0.05) is 29.8 Å². The maximum absolute atomic E-state index is 12.2. The number of nitrogens with zero attached hydrogens (tertiary/aromatic N) is 3. The van der Waals surface area contributed by atoms with Crippen molar-refractivity contribution in [1.82, 2.24) is 14.6 Å². The fourth-order valence-electron chi connectivity index (χ4n) is 1.76. The maximum Gasteiger partial charge on any atom is 0.259 e. The number of nitrogens with one attached hydrogen (secondary N) is 1. The number of benzene rings is 1. The summed E-state index contributed by atoms with van der Waals surface area (Å²) in [5, 5.41) is 7.18. The Bertz CT molecular complexity index is 739. The summed E-state index contributed by atoms with van der Waals surface area (Å²) >= 11 is 5.83. The number of hydrogen-bond donors (Lipinski definition) is 1. The third-order valence-corrected chi connectivity index (χ3v) is 2.86. The monoisotopic (exact) mass is 272 g/mol. The molecule has 6 heteroatoms. The third kappa shape index (κ3) is 2.28. The first-order valence-electron chi connectivity index (χ1n) is 5.59.